The Labute approximate surface area is 204 Å². The number of nitrogens with zero attached hydrogens (tertiary/aromatic N) is 2. The lowest BCUT2D eigenvalue weighted by Gasteiger charge is -2.32. The van der Waals surface area contributed by atoms with Crippen LogP contribution in [0, 0.1) is 10.1 Å². The highest BCUT2D eigenvalue weighted by Crippen LogP contribution is 2.26. The minimum Gasteiger partial charge on any atom is -1.00 e. The largest absolute Gasteiger partial charge is 1.00 e. The van der Waals surface area contributed by atoms with Gasteiger partial charge < -0.3 is 12.4 Å². The summed E-state index contributed by atoms with van der Waals surface area (Å²) >= 11 is 0. The summed E-state index contributed by atoms with van der Waals surface area (Å²) in [5.41, 5.74) is 0.800. The highest BCUT2D eigenvalue weighted by atomic mass is 35.5. The maximum Gasteiger partial charge on any atom is 0.362 e. The third-order valence-electron chi connectivity index (χ3n) is 6.55. The molecule has 32 heavy (non-hydrogen) atoms. The van der Waals surface area contributed by atoms with Crippen molar-refractivity contribution in [2.45, 2.75) is 116 Å². The van der Waals surface area contributed by atoms with Gasteiger partial charge in [0.05, 0.1) is 31.1 Å². The fraction of sp³-hybridized carbons (Fsp3) is 0.778. The van der Waals surface area contributed by atoms with Gasteiger partial charge in [-0.1, -0.05) is 115 Å². The maximum atomic E-state index is 11.7. The monoisotopic (exact) mass is 468 g/mol. The van der Waals surface area contributed by atoms with Crippen LogP contribution in [0.4, 0.5) is 0 Å². The molecular weight excluding hydrogens is 420 g/mol. The summed E-state index contributed by atoms with van der Waals surface area (Å²) in [7, 11) is 3.98. The Bertz CT molecular complexity index is 566. The van der Waals surface area contributed by atoms with Crippen LogP contribution in [0.5, 0.6) is 0 Å². The number of rotatable bonds is 20. The van der Waals surface area contributed by atoms with Crippen LogP contribution in [0.2, 0.25) is 0 Å². The molecule has 4 nitrogen and oxygen atoms in total. The highest BCUT2D eigenvalue weighted by Gasteiger charge is 2.39. The predicted octanol–water partition coefficient (Wildman–Crippen LogP) is 5.30. The zero-order chi connectivity index (χ0) is 22.8. The number of hydrogen-bond acceptors (Lipinski definition) is 2. The van der Waals surface area contributed by atoms with E-state index in [-0.39, 0.29) is 17.3 Å². The molecule has 0 radical (unpaired) electrons. The zero-order valence-electron chi connectivity index (χ0n) is 21.1. The van der Waals surface area contributed by atoms with Gasteiger partial charge in [-0.3, -0.25) is 14.6 Å². The molecule has 0 aromatic heterocycles. The molecule has 0 N–H and O–H groups in total. The van der Waals surface area contributed by atoms with Gasteiger partial charge in [0.2, 0.25) is 0 Å². The van der Waals surface area contributed by atoms with E-state index < -0.39 is 6.17 Å². The van der Waals surface area contributed by atoms with Gasteiger partial charge in [-0.05, 0) is 25.0 Å². The van der Waals surface area contributed by atoms with Crippen molar-refractivity contribution in [2.24, 2.45) is 0 Å². The molecule has 0 heterocycles. The lowest BCUT2D eigenvalue weighted by atomic mass is 10.0. The van der Waals surface area contributed by atoms with Crippen molar-refractivity contribution < 1.29 is 21.8 Å². The second-order valence-electron chi connectivity index (χ2n) is 9.88. The van der Waals surface area contributed by atoms with E-state index >= 15 is 0 Å². The predicted molar refractivity (Wildman–Crippen MR) is 133 cm³/mol. The van der Waals surface area contributed by atoms with E-state index in [2.05, 4.69) is 6.92 Å². The van der Waals surface area contributed by atoms with Crippen molar-refractivity contribution in [1.82, 2.24) is 0 Å². The number of quaternary nitrogens is 1. The van der Waals surface area contributed by atoms with Gasteiger partial charge in [-0.2, -0.15) is 0 Å². The summed E-state index contributed by atoms with van der Waals surface area (Å²) in [5.74, 6) is 0. The van der Waals surface area contributed by atoms with Gasteiger partial charge in [0, 0.05) is 0 Å². The van der Waals surface area contributed by atoms with Crippen molar-refractivity contribution in [3.8, 4) is 0 Å². The Kier molecular flexibility index (Phi) is 18.7. The van der Waals surface area contributed by atoms with E-state index in [1.165, 1.54) is 96.3 Å². The number of hydrogen-bond donors (Lipinski definition) is 0. The fourth-order valence-electron chi connectivity index (χ4n) is 4.60. The van der Waals surface area contributed by atoms with Crippen LogP contribution >= 0.6 is 0 Å². The minimum absolute atomic E-state index is 0. The van der Waals surface area contributed by atoms with Crippen molar-refractivity contribution in [3.63, 3.8) is 0 Å². The average molecular weight is 469 g/mol. The van der Waals surface area contributed by atoms with Gasteiger partial charge in [0.15, 0.2) is 0 Å². The van der Waals surface area contributed by atoms with E-state index in [9.17, 15) is 10.1 Å². The van der Waals surface area contributed by atoms with Crippen LogP contribution in [0.3, 0.4) is 0 Å². The normalized spacial score (nSPS) is 12.3. The van der Waals surface area contributed by atoms with Crippen LogP contribution in [0.25, 0.3) is 0 Å². The second-order valence-corrected chi connectivity index (χ2v) is 9.88. The molecule has 186 valence electrons. The van der Waals surface area contributed by atoms with Crippen LogP contribution in [0.1, 0.15) is 121 Å². The zero-order valence-corrected chi connectivity index (χ0v) is 21.8. The summed E-state index contributed by atoms with van der Waals surface area (Å²) in [5, 5.41) is 11.7. The molecule has 1 aromatic carbocycles. The molecule has 1 aromatic rings. The standard InChI is InChI=1S/C27H49N2O2.ClH/c1-4-5-6-7-8-9-10-11-12-13-14-15-16-17-18-22-25-29(2,3)27(28(30)31)26-23-20-19-21-24-26;/h19-21,23-24,27H,4-18,22,25H2,1-3H3;1H/q+1;/p-1. The summed E-state index contributed by atoms with van der Waals surface area (Å²) in [6, 6.07) is 9.44. The van der Waals surface area contributed by atoms with E-state index in [1.54, 1.807) is 0 Å². The van der Waals surface area contributed by atoms with Crippen LogP contribution in [-0.2, 0) is 0 Å². The molecular formula is C27H49ClN2O2. The first kappa shape index (κ1) is 30.9. The summed E-state index contributed by atoms with van der Waals surface area (Å²) < 4.78 is 0.412. The lowest BCUT2D eigenvalue weighted by Crippen LogP contribution is -3.00. The van der Waals surface area contributed by atoms with Crippen LogP contribution in [-0.4, -0.2) is 30.0 Å². The molecule has 0 amide bonds. The number of halogens is 1. The number of nitro groups is 1. The van der Waals surface area contributed by atoms with Crippen molar-refractivity contribution in [3.05, 3.63) is 46.0 Å². The third kappa shape index (κ3) is 14.1. The van der Waals surface area contributed by atoms with Crippen molar-refractivity contribution >= 4 is 0 Å². The first-order valence-electron chi connectivity index (χ1n) is 13.0. The van der Waals surface area contributed by atoms with E-state index in [1.807, 2.05) is 44.4 Å². The Balaban J connectivity index is 0.00000961. The average Bonchev–Trinajstić information content (AvgIpc) is 2.73. The topological polar surface area (TPSA) is 43.1 Å². The maximum absolute atomic E-state index is 11.7. The van der Waals surface area contributed by atoms with Gasteiger partial charge in [-0.25, -0.2) is 0 Å². The van der Waals surface area contributed by atoms with E-state index in [0.29, 0.717) is 4.48 Å². The van der Waals surface area contributed by atoms with Crippen molar-refractivity contribution in [1.29, 1.82) is 0 Å². The van der Waals surface area contributed by atoms with Gasteiger partial charge in [-0.15, -0.1) is 0 Å². The highest BCUT2D eigenvalue weighted by molar-refractivity contribution is 5.15. The van der Waals surface area contributed by atoms with Crippen LogP contribution in [0.15, 0.2) is 30.3 Å². The SMILES string of the molecule is CCCCCCCCCCCCCCCCCC[N+](C)(C)C(c1ccccc1)[N+](=O)[O-].[Cl-]. The van der Waals surface area contributed by atoms with Gasteiger partial charge in [0.1, 0.15) is 0 Å². The number of benzene rings is 1. The third-order valence-corrected chi connectivity index (χ3v) is 6.55. The van der Waals surface area contributed by atoms with Crippen molar-refractivity contribution in [2.75, 3.05) is 20.6 Å². The van der Waals surface area contributed by atoms with Crippen LogP contribution < -0.4 is 12.4 Å². The lowest BCUT2D eigenvalue weighted by molar-refractivity contribution is -1.00. The molecule has 1 unspecified atom stereocenters. The molecule has 0 aliphatic heterocycles. The molecule has 0 bridgehead atoms. The fourth-order valence-corrected chi connectivity index (χ4v) is 4.60. The first-order chi connectivity index (χ1) is 15.0. The molecule has 0 saturated heterocycles. The molecule has 1 rings (SSSR count). The second kappa shape index (κ2) is 19.3. The first-order valence-corrected chi connectivity index (χ1v) is 13.0. The molecule has 0 aliphatic rings. The molecule has 0 spiro atoms. The smallest absolute Gasteiger partial charge is 0.362 e. The molecule has 0 saturated carbocycles. The Morgan fingerprint density at radius 2 is 1.09 bits per heavy atom. The summed E-state index contributed by atoms with van der Waals surface area (Å²) in [4.78, 5) is 11.6. The van der Waals surface area contributed by atoms with Gasteiger partial charge in [0.25, 0.3) is 0 Å². The summed E-state index contributed by atoms with van der Waals surface area (Å²) in [6.07, 6.45) is 20.9. The molecule has 1 atom stereocenters. The Morgan fingerprint density at radius 1 is 0.719 bits per heavy atom. The quantitative estimate of drug-likeness (QED) is 0.0856. The van der Waals surface area contributed by atoms with E-state index in [0.717, 1.165) is 18.5 Å². The number of unbranched alkanes of at least 4 members (excludes halogenated alkanes) is 15. The molecule has 5 heteroatoms. The van der Waals surface area contributed by atoms with E-state index in [4.69, 9.17) is 0 Å². The summed E-state index contributed by atoms with van der Waals surface area (Å²) in [6.45, 7) is 3.12. The molecule has 0 fully saturated rings. The minimum atomic E-state index is -0.683. The van der Waals surface area contributed by atoms with Gasteiger partial charge >= 0.3 is 6.17 Å². The Morgan fingerprint density at radius 3 is 1.47 bits per heavy atom. The molecule has 0 aliphatic carbocycles. The Hall–Kier alpha value is -1.13.